The molecule has 1 N–H and O–H groups in total. The number of rotatable bonds is 7. The molecule has 0 saturated carbocycles. The summed E-state index contributed by atoms with van der Waals surface area (Å²) >= 11 is 0. The molecule has 0 unspecified atom stereocenters. The van der Waals surface area contributed by atoms with E-state index in [1.165, 1.54) is 4.31 Å². The van der Waals surface area contributed by atoms with Gasteiger partial charge in [0.2, 0.25) is 5.91 Å². The van der Waals surface area contributed by atoms with Gasteiger partial charge in [0.25, 0.3) is 10.0 Å². The number of aryl methyl sites for hydroxylation is 2. The fraction of sp³-hybridized carbons (Fsp3) is 0.269. The van der Waals surface area contributed by atoms with Gasteiger partial charge in [-0.1, -0.05) is 35.9 Å². The molecule has 1 aliphatic heterocycles. The largest absolute Gasteiger partial charge is 0.378 e. The minimum atomic E-state index is -3.95. The van der Waals surface area contributed by atoms with Crippen molar-refractivity contribution in [3.8, 4) is 0 Å². The first-order valence-corrected chi connectivity index (χ1v) is 12.7. The lowest BCUT2D eigenvalue weighted by atomic mass is 10.2. The molecule has 0 spiro atoms. The Balaban J connectivity index is 1.55. The summed E-state index contributed by atoms with van der Waals surface area (Å²) in [7, 11) is -3.95. The molecule has 3 aromatic carbocycles. The van der Waals surface area contributed by atoms with E-state index >= 15 is 0 Å². The van der Waals surface area contributed by atoms with Crippen molar-refractivity contribution < 1.29 is 17.9 Å². The highest BCUT2D eigenvalue weighted by atomic mass is 32.2. The summed E-state index contributed by atoms with van der Waals surface area (Å²) in [6, 6.07) is 21.3. The average Bonchev–Trinajstić information content (AvgIpc) is 2.84. The van der Waals surface area contributed by atoms with Crippen LogP contribution in [0.15, 0.2) is 77.7 Å². The predicted octanol–water partition coefficient (Wildman–Crippen LogP) is 3.97. The van der Waals surface area contributed by atoms with Gasteiger partial charge in [0.15, 0.2) is 0 Å². The van der Waals surface area contributed by atoms with E-state index in [4.69, 9.17) is 4.74 Å². The van der Waals surface area contributed by atoms with Gasteiger partial charge in [-0.15, -0.1) is 0 Å². The number of para-hydroxylation sites is 1. The van der Waals surface area contributed by atoms with E-state index in [1.54, 1.807) is 36.4 Å². The number of benzene rings is 3. The zero-order valence-electron chi connectivity index (χ0n) is 19.4. The summed E-state index contributed by atoms with van der Waals surface area (Å²) in [5.41, 5.74) is 3.87. The second-order valence-electron chi connectivity index (χ2n) is 8.31. The van der Waals surface area contributed by atoms with E-state index in [2.05, 4.69) is 10.2 Å². The lowest BCUT2D eigenvalue weighted by Gasteiger charge is -2.29. The number of sulfonamides is 1. The second kappa shape index (κ2) is 10.3. The number of ether oxygens (including phenoxy) is 1. The SMILES string of the molecule is Cc1ccc(S(=O)(=O)N(CC(=O)Nc2ccc(N3CCOCC3)cc2)c2ccccc2C)cc1. The number of carbonyl (C=O) groups is 1. The summed E-state index contributed by atoms with van der Waals surface area (Å²) < 4.78 is 33.6. The Labute approximate surface area is 201 Å². The van der Waals surface area contributed by atoms with E-state index in [0.29, 0.717) is 24.6 Å². The van der Waals surface area contributed by atoms with E-state index in [0.717, 1.165) is 29.9 Å². The summed E-state index contributed by atoms with van der Waals surface area (Å²) in [6.07, 6.45) is 0. The maximum absolute atomic E-state index is 13.5. The van der Waals surface area contributed by atoms with Crippen molar-refractivity contribution in [2.75, 3.05) is 47.4 Å². The molecule has 0 bridgehead atoms. The number of nitrogens with one attached hydrogen (secondary N) is 1. The van der Waals surface area contributed by atoms with Crippen LogP contribution >= 0.6 is 0 Å². The number of morpholine rings is 1. The lowest BCUT2D eigenvalue weighted by molar-refractivity contribution is -0.114. The number of amides is 1. The predicted molar refractivity (Wildman–Crippen MR) is 135 cm³/mol. The van der Waals surface area contributed by atoms with E-state index in [9.17, 15) is 13.2 Å². The molecule has 1 aliphatic rings. The standard InChI is InChI=1S/C26H29N3O4S/c1-20-7-13-24(14-8-20)34(31,32)29(25-6-4-3-5-21(25)2)19-26(30)27-22-9-11-23(12-10-22)28-15-17-33-18-16-28/h3-14H,15-19H2,1-2H3,(H,27,30). The van der Waals surface area contributed by atoms with Gasteiger partial charge in [0.1, 0.15) is 6.54 Å². The van der Waals surface area contributed by atoms with Crippen LogP contribution in [0.25, 0.3) is 0 Å². The quantitative estimate of drug-likeness (QED) is 0.555. The van der Waals surface area contributed by atoms with Gasteiger partial charge in [0.05, 0.1) is 23.8 Å². The van der Waals surface area contributed by atoms with Crippen LogP contribution in [-0.2, 0) is 19.6 Å². The zero-order chi connectivity index (χ0) is 24.1. The third-order valence-corrected chi connectivity index (χ3v) is 7.58. The molecular weight excluding hydrogens is 450 g/mol. The molecular formula is C26H29N3O4S. The number of hydrogen-bond donors (Lipinski definition) is 1. The first kappa shape index (κ1) is 23.8. The number of anilines is 3. The first-order valence-electron chi connectivity index (χ1n) is 11.2. The Kier molecular flexibility index (Phi) is 7.19. The van der Waals surface area contributed by atoms with Crippen molar-refractivity contribution in [1.29, 1.82) is 0 Å². The van der Waals surface area contributed by atoms with Crippen molar-refractivity contribution in [3.05, 3.63) is 83.9 Å². The zero-order valence-corrected chi connectivity index (χ0v) is 20.2. The monoisotopic (exact) mass is 479 g/mol. The molecule has 3 aromatic rings. The van der Waals surface area contributed by atoms with Gasteiger partial charge < -0.3 is 15.0 Å². The maximum atomic E-state index is 13.5. The molecule has 0 aliphatic carbocycles. The topological polar surface area (TPSA) is 79.0 Å². The summed E-state index contributed by atoms with van der Waals surface area (Å²) in [4.78, 5) is 15.3. The molecule has 1 heterocycles. The van der Waals surface area contributed by atoms with Crippen LogP contribution in [0.2, 0.25) is 0 Å². The molecule has 34 heavy (non-hydrogen) atoms. The molecule has 0 radical (unpaired) electrons. The van der Waals surface area contributed by atoms with Crippen molar-refractivity contribution in [3.63, 3.8) is 0 Å². The molecule has 4 rings (SSSR count). The smallest absolute Gasteiger partial charge is 0.264 e. The summed E-state index contributed by atoms with van der Waals surface area (Å²) in [5, 5.41) is 2.84. The van der Waals surface area contributed by atoms with Gasteiger partial charge in [-0.3, -0.25) is 9.10 Å². The van der Waals surface area contributed by atoms with E-state index < -0.39 is 15.9 Å². The normalized spacial score (nSPS) is 14.0. The van der Waals surface area contributed by atoms with Crippen LogP contribution in [0.3, 0.4) is 0 Å². The minimum Gasteiger partial charge on any atom is -0.378 e. The highest BCUT2D eigenvalue weighted by Crippen LogP contribution is 2.27. The van der Waals surface area contributed by atoms with E-state index in [1.807, 2.05) is 50.2 Å². The van der Waals surface area contributed by atoms with Crippen molar-refractivity contribution in [1.82, 2.24) is 0 Å². The minimum absolute atomic E-state index is 0.143. The van der Waals surface area contributed by atoms with Gasteiger partial charge in [-0.25, -0.2) is 8.42 Å². The molecule has 8 heteroatoms. The highest BCUT2D eigenvalue weighted by molar-refractivity contribution is 7.92. The van der Waals surface area contributed by atoms with Crippen LogP contribution in [0.5, 0.6) is 0 Å². The molecule has 1 saturated heterocycles. The summed E-state index contributed by atoms with van der Waals surface area (Å²) in [5.74, 6) is -0.418. The Bertz CT molecular complexity index is 1240. The van der Waals surface area contributed by atoms with Crippen LogP contribution in [0, 0.1) is 13.8 Å². The lowest BCUT2D eigenvalue weighted by Crippen LogP contribution is -2.38. The Hall–Kier alpha value is -3.36. The number of hydrogen-bond acceptors (Lipinski definition) is 5. The maximum Gasteiger partial charge on any atom is 0.264 e. The fourth-order valence-corrected chi connectivity index (χ4v) is 5.37. The van der Waals surface area contributed by atoms with Crippen molar-refractivity contribution in [2.45, 2.75) is 18.7 Å². The van der Waals surface area contributed by atoms with Crippen molar-refractivity contribution >= 4 is 33.0 Å². The molecule has 7 nitrogen and oxygen atoms in total. The highest BCUT2D eigenvalue weighted by Gasteiger charge is 2.28. The van der Waals surface area contributed by atoms with Crippen molar-refractivity contribution in [2.24, 2.45) is 0 Å². The van der Waals surface area contributed by atoms with Crippen LogP contribution in [0.4, 0.5) is 17.1 Å². The van der Waals surface area contributed by atoms with Gasteiger partial charge in [-0.05, 0) is 61.9 Å². The van der Waals surface area contributed by atoms with Gasteiger partial charge >= 0.3 is 0 Å². The van der Waals surface area contributed by atoms with Crippen LogP contribution < -0.4 is 14.5 Å². The number of carbonyl (C=O) groups excluding carboxylic acids is 1. The number of nitrogens with zero attached hydrogens (tertiary/aromatic N) is 2. The van der Waals surface area contributed by atoms with Gasteiger partial charge in [-0.2, -0.15) is 0 Å². The molecule has 178 valence electrons. The Morgan fingerprint density at radius 2 is 1.59 bits per heavy atom. The molecule has 1 amide bonds. The Morgan fingerprint density at radius 1 is 0.941 bits per heavy atom. The average molecular weight is 480 g/mol. The molecule has 0 aromatic heterocycles. The third kappa shape index (κ3) is 5.40. The Morgan fingerprint density at radius 3 is 2.24 bits per heavy atom. The molecule has 1 fully saturated rings. The van der Waals surface area contributed by atoms with Crippen LogP contribution in [-0.4, -0.2) is 47.2 Å². The van der Waals surface area contributed by atoms with E-state index in [-0.39, 0.29) is 11.4 Å². The van der Waals surface area contributed by atoms with Crippen LogP contribution in [0.1, 0.15) is 11.1 Å². The summed E-state index contributed by atoms with van der Waals surface area (Å²) in [6.45, 7) is 6.43. The fourth-order valence-electron chi connectivity index (χ4n) is 3.89. The van der Waals surface area contributed by atoms with Gasteiger partial charge in [0, 0.05) is 24.5 Å². The second-order valence-corrected chi connectivity index (χ2v) is 10.2. The molecule has 0 atom stereocenters. The first-order chi connectivity index (χ1) is 16.3. The third-order valence-electron chi connectivity index (χ3n) is 5.81.